The zero-order valence-electron chi connectivity index (χ0n) is 16.2. The van der Waals surface area contributed by atoms with E-state index in [1.54, 1.807) is 0 Å². The summed E-state index contributed by atoms with van der Waals surface area (Å²) < 4.78 is 0. The predicted molar refractivity (Wildman–Crippen MR) is 112 cm³/mol. The van der Waals surface area contributed by atoms with E-state index in [2.05, 4.69) is 47.7 Å². The highest BCUT2D eigenvalue weighted by atomic mass is 15.2. The van der Waals surface area contributed by atoms with Gasteiger partial charge < -0.3 is 4.90 Å². The summed E-state index contributed by atoms with van der Waals surface area (Å²) in [5.41, 5.74) is 1.50. The number of aliphatic imine (C=N–C) groups is 1. The Balaban J connectivity index is 1.44. The van der Waals surface area contributed by atoms with Gasteiger partial charge in [0.25, 0.3) is 0 Å². The fraction of sp³-hybridized carbons (Fsp3) is 0.565. The number of unbranched alkanes of at least 4 members (excludes halogenated alkanes) is 3. The smallest absolute Gasteiger partial charge is 0.134 e. The van der Waals surface area contributed by atoms with Crippen LogP contribution in [0.5, 0.6) is 0 Å². The molecule has 0 amide bonds. The maximum atomic E-state index is 4.76. The summed E-state index contributed by atoms with van der Waals surface area (Å²) in [6.07, 6.45) is 16.7. The van der Waals surface area contributed by atoms with Gasteiger partial charge in [-0.15, -0.1) is 0 Å². The van der Waals surface area contributed by atoms with E-state index in [1.807, 2.05) is 12.3 Å². The first kappa shape index (κ1) is 18.9. The van der Waals surface area contributed by atoms with Gasteiger partial charge in [-0.2, -0.15) is 0 Å². The third-order valence-corrected chi connectivity index (χ3v) is 5.63. The second-order valence-corrected chi connectivity index (χ2v) is 7.83. The summed E-state index contributed by atoms with van der Waals surface area (Å²) in [4.78, 5) is 11.6. The Morgan fingerprint density at radius 2 is 2.04 bits per heavy atom. The molecule has 0 N–H and O–H groups in total. The molecule has 1 aromatic heterocycles. The Morgan fingerprint density at radius 1 is 1.19 bits per heavy atom. The summed E-state index contributed by atoms with van der Waals surface area (Å²) in [5.74, 6) is 3.44. The molecule has 0 spiro atoms. The molecule has 3 rings (SSSR count). The molecule has 3 nitrogen and oxygen atoms in total. The first-order chi connectivity index (χ1) is 12.7. The second-order valence-electron chi connectivity index (χ2n) is 7.83. The van der Waals surface area contributed by atoms with Crippen LogP contribution in [0.15, 0.2) is 53.7 Å². The van der Waals surface area contributed by atoms with E-state index in [-0.39, 0.29) is 0 Å². The van der Waals surface area contributed by atoms with Crippen LogP contribution in [0.25, 0.3) is 0 Å². The molecule has 1 fully saturated rings. The summed E-state index contributed by atoms with van der Waals surface area (Å²) in [5, 5.41) is 0. The van der Waals surface area contributed by atoms with E-state index in [1.165, 1.54) is 56.9 Å². The largest absolute Gasteiger partial charge is 0.311 e. The molecule has 2 aliphatic rings. The quantitative estimate of drug-likeness (QED) is 0.415. The van der Waals surface area contributed by atoms with Crippen LogP contribution in [-0.4, -0.2) is 23.9 Å². The molecule has 2 heterocycles. The Bertz CT molecular complexity index is 628. The number of aromatic nitrogens is 1. The highest BCUT2D eigenvalue weighted by Crippen LogP contribution is 2.34. The minimum absolute atomic E-state index is 0.535. The van der Waals surface area contributed by atoms with E-state index in [0.717, 1.165) is 30.7 Å². The van der Waals surface area contributed by atoms with Crippen LogP contribution >= 0.6 is 0 Å². The molecule has 140 valence electrons. The number of anilines is 1. The topological polar surface area (TPSA) is 28.5 Å². The van der Waals surface area contributed by atoms with Crippen molar-refractivity contribution in [3.05, 3.63) is 48.7 Å². The summed E-state index contributed by atoms with van der Waals surface area (Å²) in [6, 6.07) is 6.10. The van der Waals surface area contributed by atoms with Crippen LogP contribution in [0, 0.1) is 11.8 Å². The van der Waals surface area contributed by atoms with Gasteiger partial charge in [0.2, 0.25) is 0 Å². The average Bonchev–Trinajstić information content (AvgIpc) is 2.61. The van der Waals surface area contributed by atoms with Crippen molar-refractivity contribution in [2.45, 2.75) is 58.3 Å². The van der Waals surface area contributed by atoms with Crippen LogP contribution in [0.1, 0.15) is 58.3 Å². The number of hydrogen-bond donors (Lipinski definition) is 0. The molecule has 1 aliphatic heterocycles. The average molecular weight is 352 g/mol. The molecule has 1 saturated carbocycles. The highest BCUT2D eigenvalue weighted by Gasteiger charge is 2.19. The van der Waals surface area contributed by atoms with E-state index >= 15 is 0 Å². The Hall–Kier alpha value is -1.90. The number of pyridine rings is 1. The second kappa shape index (κ2) is 9.70. The minimum atomic E-state index is 0.535. The molecule has 1 aromatic rings. The third kappa shape index (κ3) is 5.30. The van der Waals surface area contributed by atoms with Crippen molar-refractivity contribution >= 4 is 11.7 Å². The van der Waals surface area contributed by atoms with Crippen LogP contribution in [0.3, 0.4) is 0 Å². The van der Waals surface area contributed by atoms with Gasteiger partial charge >= 0.3 is 0 Å². The summed E-state index contributed by atoms with van der Waals surface area (Å²) in [6.45, 7) is 8.36. The van der Waals surface area contributed by atoms with Gasteiger partial charge in [0, 0.05) is 19.3 Å². The van der Waals surface area contributed by atoms with Crippen molar-refractivity contribution in [3.8, 4) is 0 Å². The van der Waals surface area contributed by atoms with Gasteiger partial charge in [-0.1, -0.05) is 50.5 Å². The van der Waals surface area contributed by atoms with Gasteiger partial charge in [-0.25, -0.2) is 4.98 Å². The molecule has 0 bridgehead atoms. The molecule has 0 saturated heterocycles. The first-order valence-corrected chi connectivity index (χ1v) is 10.3. The van der Waals surface area contributed by atoms with Crippen molar-refractivity contribution in [1.82, 2.24) is 4.98 Å². The third-order valence-electron chi connectivity index (χ3n) is 5.63. The Kier molecular flexibility index (Phi) is 7.04. The molecule has 1 unspecified atom stereocenters. The number of amidine groups is 1. The van der Waals surface area contributed by atoms with E-state index < -0.39 is 0 Å². The lowest BCUT2D eigenvalue weighted by Crippen LogP contribution is -2.33. The monoisotopic (exact) mass is 351 g/mol. The van der Waals surface area contributed by atoms with Crippen molar-refractivity contribution < 1.29 is 0 Å². The maximum Gasteiger partial charge on any atom is 0.134 e. The Labute approximate surface area is 158 Å². The summed E-state index contributed by atoms with van der Waals surface area (Å²) >= 11 is 0. The number of rotatable bonds is 9. The van der Waals surface area contributed by atoms with Crippen molar-refractivity contribution in [1.29, 1.82) is 0 Å². The van der Waals surface area contributed by atoms with Gasteiger partial charge in [0.05, 0.1) is 0 Å². The first-order valence-electron chi connectivity index (χ1n) is 10.3. The zero-order valence-corrected chi connectivity index (χ0v) is 16.2. The number of nitrogens with zero attached hydrogens (tertiary/aromatic N) is 3. The van der Waals surface area contributed by atoms with Gasteiger partial charge in [0.15, 0.2) is 0 Å². The lowest BCUT2D eigenvalue weighted by Gasteiger charge is -2.27. The molecular formula is C23H33N3. The fourth-order valence-electron chi connectivity index (χ4n) is 3.63. The van der Waals surface area contributed by atoms with Crippen LogP contribution in [0.2, 0.25) is 0 Å². The van der Waals surface area contributed by atoms with Crippen LogP contribution < -0.4 is 4.90 Å². The van der Waals surface area contributed by atoms with Crippen molar-refractivity contribution in [3.63, 3.8) is 0 Å². The molecule has 1 atom stereocenters. The summed E-state index contributed by atoms with van der Waals surface area (Å²) in [7, 11) is 0. The van der Waals surface area contributed by atoms with E-state index in [0.29, 0.717) is 5.92 Å². The molecular weight excluding hydrogens is 318 g/mol. The van der Waals surface area contributed by atoms with Crippen LogP contribution in [0.4, 0.5) is 5.82 Å². The molecule has 0 aromatic carbocycles. The maximum absolute atomic E-state index is 4.76. The number of dihydropyridines is 1. The van der Waals surface area contributed by atoms with Crippen molar-refractivity contribution in [2.24, 2.45) is 16.8 Å². The number of allylic oxidation sites excluding steroid dienone is 1. The van der Waals surface area contributed by atoms with Crippen LogP contribution in [-0.2, 0) is 0 Å². The van der Waals surface area contributed by atoms with Gasteiger partial charge in [-0.3, -0.25) is 4.99 Å². The Morgan fingerprint density at radius 3 is 2.69 bits per heavy atom. The molecule has 1 aliphatic carbocycles. The molecule has 26 heavy (non-hydrogen) atoms. The van der Waals surface area contributed by atoms with Gasteiger partial charge in [-0.05, 0) is 62.1 Å². The normalized spacial score (nSPS) is 19.7. The lowest BCUT2D eigenvalue weighted by molar-refractivity contribution is 0.357. The number of hydrogen-bond acceptors (Lipinski definition) is 3. The van der Waals surface area contributed by atoms with Gasteiger partial charge in [0.1, 0.15) is 11.7 Å². The van der Waals surface area contributed by atoms with E-state index in [4.69, 9.17) is 4.99 Å². The fourth-order valence-corrected chi connectivity index (χ4v) is 3.63. The molecule has 0 radical (unpaired) electrons. The van der Waals surface area contributed by atoms with Crippen molar-refractivity contribution in [2.75, 3.05) is 18.0 Å². The zero-order chi connectivity index (χ0) is 18.2. The predicted octanol–water partition coefficient (Wildman–Crippen LogP) is 5.80. The lowest BCUT2D eigenvalue weighted by atomic mass is 9.78. The molecule has 3 heteroatoms. The van der Waals surface area contributed by atoms with E-state index in [9.17, 15) is 0 Å². The minimum Gasteiger partial charge on any atom is -0.311 e. The SMILES string of the molecule is C=C(CCCCCCN(C1=NCC(C)C=C1)c1ccccn1)C1CCC1. The highest BCUT2D eigenvalue weighted by molar-refractivity contribution is 6.05. The standard InChI is InChI=1S/C23H33N3/c1-19-14-15-23(25-18-19)26(22-13-6-7-16-24-22)17-8-4-3-5-10-20(2)21-11-9-12-21/h6-7,13-16,19,21H,2-5,8-12,17-18H2,1H3.